The van der Waals surface area contributed by atoms with E-state index in [1.54, 1.807) is 11.6 Å². The Morgan fingerprint density at radius 3 is 3.00 bits per heavy atom. The Kier molecular flexibility index (Phi) is 2.64. The van der Waals surface area contributed by atoms with Gasteiger partial charge in [-0.25, -0.2) is 4.98 Å². The maximum atomic E-state index is 12.4. The predicted octanol–water partition coefficient (Wildman–Crippen LogP) is 1.68. The normalized spacial score (nSPS) is 10.1. The highest BCUT2D eigenvalue weighted by Crippen LogP contribution is 2.09. The number of halogens is 1. The third-order valence-electron chi connectivity index (χ3n) is 1.59. The number of pyridine rings is 1. The molecule has 0 aliphatic heterocycles. The summed E-state index contributed by atoms with van der Waals surface area (Å²) in [7, 11) is 0. The zero-order valence-corrected chi connectivity index (χ0v) is 7.96. The lowest BCUT2D eigenvalue weighted by molar-refractivity contribution is 0.582. The maximum Gasteiger partial charge on any atom is 0.212 e. The second-order valence-electron chi connectivity index (χ2n) is 2.59. The van der Waals surface area contributed by atoms with Crippen LogP contribution >= 0.6 is 11.3 Å². The first kappa shape index (κ1) is 9.01. The molecule has 2 aromatic rings. The average molecular weight is 210 g/mol. The van der Waals surface area contributed by atoms with Crippen LogP contribution in [0.25, 0.3) is 0 Å². The van der Waals surface area contributed by atoms with Crippen LogP contribution in [0.1, 0.15) is 5.56 Å². The van der Waals surface area contributed by atoms with E-state index in [0.29, 0.717) is 6.54 Å². The summed E-state index contributed by atoms with van der Waals surface area (Å²) in [5.74, 6) is -0.468. The van der Waals surface area contributed by atoms with E-state index in [2.05, 4.69) is 20.5 Å². The van der Waals surface area contributed by atoms with Crippen molar-refractivity contribution in [2.75, 3.05) is 5.32 Å². The van der Waals surface area contributed by atoms with Gasteiger partial charge in [0.2, 0.25) is 11.1 Å². The molecule has 6 heteroatoms. The van der Waals surface area contributed by atoms with Gasteiger partial charge in [0.1, 0.15) is 5.51 Å². The summed E-state index contributed by atoms with van der Waals surface area (Å²) in [4.78, 5) is 3.54. The zero-order valence-electron chi connectivity index (χ0n) is 7.14. The minimum absolute atomic E-state index is 0.468. The van der Waals surface area contributed by atoms with Crippen molar-refractivity contribution < 1.29 is 4.39 Å². The molecule has 0 atom stereocenters. The molecule has 0 aromatic carbocycles. The van der Waals surface area contributed by atoms with Gasteiger partial charge in [-0.05, 0) is 11.6 Å². The highest BCUT2D eigenvalue weighted by atomic mass is 32.1. The smallest absolute Gasteiger partial charge is 0.212 e. The molecule has 0 spiro atoms. The summed E-state index contributed by atoms with van der Waals surface area (Å²) in [5.41, 5.74) is 2.55. The second kappa shape index (κ2) is 4.10. The van der Waals surface area contributed by atoms with Crippen molar-refractivity contribution in [3.63, 3.8) is 0 Å². The summed E-state index contributed by atoms with van der Waals surface area (Å²) < 4.78 is 12.4. The van der Waals surface area contributed by atoms with E-state index in [0.717, 1.165) is 10.7 Å². The standard InChI is InChI=1S/C8H7FN4S/c9-7-2-1-6(3-10-7)4-11-8-13-12-5-14-8/h1-3,5H,4H2,(H,11,13). The summed E-state index contributed by atoms with van der Waals surface area (Å²) in [6, 6.07) is 3.01. The van der Waals surface area contributed by atoms with Crippen molar-refractivity contribution >= 4 is 16.5 Å². The van der Waals surface area contributed by atoms with E-state index in [-0.39, 0.29) is 0 Å². The fourth-order valence-electron chi connectivity index (χ4n) is 0.939. The van der Waals surface area contributed by atoms with Crippen LogP contribution in [-0.2, 0) is 6.54 Å². The molecule has 0 unspecified atom stereocenters. The Hall–Kier alpha value is -1.56. The molecule has 2 aromatic heterocycles. The van der Waals surface area contributed by atoms with Gasteiger partial charge in [0.25, 0.3) is 0 Å². The fourth-order valence-corrected chi connectivity index (χ4v) is 1.38. The van der Waals surface area contributed by atoms with Gasteiger partial charge in [0, 0.05) is 12.7 Å². The lowest BCUT2D eigenvalue weighted by atomic mass is 10.3. The van der Waals surface area contributed by atoms with Gasteiger partial charge in [-0.3, -0.25) is 0 Å². The summed E-state index contributed by atoms with van der Waals surface area (Å²) >= 11 is 1.42. The Labute approximate surface area is 83.8 Å². The molecule has 0 amide bonds. The van der Waals surface area contributed by atoms with Gasteiger partial charge in [-0.15, -0.1) is 10.2 Å². The van der Waals surface area contributed by atoms with Gasteiger partial charge in [0.15, 0.2) is 0 Å². The maximum absolute atomic E-state index is 12.4. The third kappa shape index (κ3) is 2.23. The number of hydrogen-bond acceptors (Lipinski definition) is 5. The molecule has 0 saturated heterocycles. The van der Waals surface area contributed by atoms with E-state index in [1.165, 1.54) is 23.6 Å². The predicted molar refractivity (Wildman–Crippen MR) is 51.4 cm³/mol. The number of nitrogens with zero attached hydrogens (tertiary/aromatic N) is 3. The Bertz CT molecular complexity index is 386. The Morgan fingerprint density at radius 1 is 1.43 bits per heavy atom. The van der Waals surface area contributed by atoms with Crippen molar-refractivity contribution in [1.82, 2.24) is 15.2 Å². The minimum atomic E-state index is -0.468. The van der Waals surface area contributed by atoms with E-state index in [4.69, 9.17) is 0 Å². The Balaban J connectivity index is 1.95. The average Bonchev–Trinajstić information content (AvgIpc) is 2.70. The van der Waals surface area contributed by atoms with Gasteiger partial charge < -0.3 is 5.32 Å². The molecular weight excluding hydrogens is 203 g/mol. The quantitative estimate of drug-likeness (QED) is 0.783. The first-order valence-corrected chi connectivity index (χ1v) is 4.83. The summed E-state index contributed by atoms with van der Waals surface area (Å²) in [5, 5.41) is 11.3. The van der Waals surface area contributed by atoms with Crippen LogP contribution in [0.15, 0.2) is 23.8 Å². The molecule has 0 radical (unpaired) electrons. The molecule has 0 bridgehead atoms. The molecule has 0 saturated carbocycles. The van der Waals surface area contributed by atoms with Crippen LogP contribution in [0, 0.1) is 5.95 Å². The largest absolute Gasteiger partial charge is 0.356 e. The number of rotatable bonds is 3. The van der Waals surface area contributed by atoms with Crippen molar-refractivity contribution in [2.45, 2.75) is 6.54 Å². The molecule has 72 valence electrons. The van der Waals surface area contributed by atoms with E-state index in [1.807, 2.05) is 0 Å². The first-order chi connectivity index (χ1) is 6.84. The molecule has 1 N–H and O–H groups in total. The van der Waals surface area contributed by atoms with E-state index in [9.17, 15) is 4.39 Å². The molecule has 0 fully saturated rings. The molecule has 2 rings (SSSR count). The molecule has 14 heavy (non-hydrogen) atoms. The lowest BCUT2D eigenvalue weighted by Gasteiger charge is -2.00. The second-order valence-corrected chi connectivity index (χ2v) is 3.42. The molecule has 4 nitrogen and oxygen atoms in total. The number of hydrogen-bond donors (Lipinski definition) is 1. The highest BCUT2D eigenvalue weighted by molar-refractivity contribution is 7.13. The van der Waals surface area contributed by atoms with Crippen molar-refractivity contribution in [3.05, 3.63) is 35.4 Å². The number of aromatic nitrogens is 3. The van der Waals surface area contributed by atoms with E-state index < -0.39 is 5.95 Å². The van der Waals surface area contributed by atoms with Gasteiger partial charge in [-0.1, -0.05) is 17.4 Å². The molecule has 2 heterocycles. The zero-order chi connectivity index (χ0) is 9.80. The SMILES string of the molecule is Fc1ccc(CNc2nncs2)cn1. The van der Waals surface area contributed by atoms with Gasteiger partial charge in [0.05, 0.1) is 0 Å². The first-order valence-electron chi connectivity index (χ1n) is 3.95. The molecule has 0 aliphatic carbocycles. The van der Waals surface area contributed by atoms with Crippen molar-refractivity contribution in [1.29, 1.82) is 0 Å². The van der Waals surface area contributed by atoms with Crippen LogP contribution < -0.4 is 5.32 Å². The van der Waals surface area contributed by atoms with Crippen LogP contribution in [0.4, 0.5) is 9.52 Å². The molecule has 0 aliphatic rings. The highest BCUT2D eigenvalue weighted by Gasteiger charge is 1.97. The summed E-state index contributed by atoms with van der Waals surface area (Å²) in [6.07, 6.45) is 1.49. The van der Waals surface area contributed by atoms with Crippen LogP contribution in [0.3, 0.4) is 0 Å². The molecular formula is C8H7FN4S. The van der Waals surface area contributed by atoms with E-state index >= 15 is 0 Å². The van der Waals surface area contributed by atoms with Crippen LogP contribution in [-0.4, -0.2) is 15.2 Å². The van der Waals surface area contributed by atoms with Gasteiger partial charge in [-0.2, -0.15) is 4.39 Å². The van der Waals surface area contributed by atoms with Crippen LogP contribution in [0.2, 0.25) is 0 Å². The third-order valence-corrected chi connectivity index (χ3v) is 2.24. The topological polar surface area (TPSA) is 50.7 Å². The Morgan fingerprint density at radius 2 is 2.36 bits per heavy atom. The van der Waals surface area contributed by atoms with Gasteiger partial charge >= 0.3 is 0 Å². The van der Waals surface area contributed by atoms with Crippen molar-refractivity contribution in [2.24, 2.45) is 0 Å². The number of anilines is 1. The number of nitrogens with one attached hydrogen (secondary N) is 1. The van der Waals surface area contributed by atoms with Crippen molar-refractivity contribution in [3.8, 4) is 0 Å². The lowest BCUT2D eigenvalue weighted by Crippen LogP contribution is -1.99. The summed E-state index contributed by atoms with van der Waals surface area (Å²) in [6.45, 7) is 0.572. The fraction of sp³-hybridized carbons (Fsp3) is 0.125. The van der Waals surface area contributed by atoms with Crippen LogP contribution in [0.5, 0.6) is 0 Å². The monoisotopic (exact) mass is 210 g/mol. The minimum Gasteiger partial charge on any atom is -0.356 e.